The van der Waals surface area contributed by atoms with Crippen molar-refractivity contribution in [2.24, 2.45) is 22.2 Å². The Labute approximate surface area is 86.7 Å². The maximum atomic E-state index is 9.69. The van der Waals surface area contributed by atoms with Gasteiger partial charge >= 0.3 is 0 Å². The van der Waals surface area contributed by atoms with E-state index in [-0.39, 0.29) is 18.3 Å². The van der Waals surface area contributed by atoms with Crippen molar-refractivity contribution in [2.45, 2.75) is 34.1 Å². The molecule has 5 nitrogen and oxygen atoms in total. The minimum Gasteiger partial charge on any atom is -0.370 e. The van der Waals surface area contributed by atoms with Crippen LogP contribution in [0.2, 0.25) is 0 Å². The first-order valence-corrected chi connectivity index (χ1v) is 4.79. The third-order valence-corrected chi connectivity index (χ3v) is 0.805. The minimum absolute atomic E-state index is 0.0324. The molecule has 0 amide bonds. The van der Waals surface area contributed by atoms with E-state index in [2.05, 4.69) is 4.99 Å². The van der Waals surface area contributed by atoms with Crippen molar-refractivity contribution in [3.05, 3.63) is 0 Å². The van der Waals surface area contributed by atoms with E-state index < -0.39 is 0 Å². The molecular weight excluding hydrogens is 180 g/mol. The molecule has 6 N–H and O–H groups in total. The Kier molecular flexibility index (Phi) is 23.8. The van der Waals surface area contributed by atoms with Crippen molar-refractivity contribution in [1.29, 1.82) is 0 Å². The predicted molar refractivity (Wildman–Crippen MR) is 62.1 cm³/mol. The second-order valence-corrected chi connectivity index (χ2v) is 2.21. The molecule has 0 heterocycles. The topological polar surface area (TPSA) is 107 Å². The molecule has 0 aliphatic heterocycles. The molecule has 0 spiro atoms. The van der Waals surface area contributed by atoms with Crippen molar-refractivity contribution >= 4 is 11.7 Å². The number of rotatable bonds is 3. The Hall–Kier alpha value is -1.10. The van der Waals surface area contributed by atoms with Gasteiger partial charge in [0.2, 0.25) is 0 Å². The average molecular weight is 204 g/mol. The second kappa shape index (κ2) is 17.8. The summed E-state index contributed by atoms with van der Waals surface area (Å²) in [7, 11) is 0. The van der Waals surface area contributed by atoms with Crippen molar-refractivity contribution in [3.8, 4) is 0 Å². The quantitative estimate of drug-likeness (QED) is 0.451. The van der Waals surface area contributed by atoms with Crippen molar-refractivity contribution in [2.75, 3.05) is 13.1 Å². The second-order valence-electron chi connectivity index (χ2n) is 2.21. The molecule has 86 valence electrons. The minimum atomic E-state index is 0.0324. The average Bonchev–Trinajstić information content (AvgIpc) is 2.18. The van der Waals surface area contributed by atoms with E-state index in [0.29, 0.717) is 0 Å². The zero-order chi connectivity index (χ0) is 12.0. The van der Waals surface area contributed by atoms with Gasteiger partial charge in [0.1, 0.15) is 5.78 Å². The molecule has 0 aromatic rings. The largest absolute Gasteiger partial charge is 0.370 e. The summed E-state index contributed by atoms with van der Waals surface area (Å²) < 4.78 is 0. The van der Waals surface area contributed by atoms with E-state index in [9.17, 15) is 4.79 Å². The van der Waals surface area contributed by atoms with Crippen LogP contribution >= 0.6 is 0 Å². The Balaban J connectivity index is -0.000000152. The lowest BCUT2D eigenvalue weighted by atomic mass is 10.5. The van der Waals surface area contributed by atoms with E-state index in [1.165, 1.54) is 6.92 Å². The highest BCUT2D eigenvalue weighted by Gasteiger charge is 1.77. The summed E-state index contributed by atoms with van der Waals surface area (Å²) >= 11 is 0. The van der Waals surface area contributed by atoms with E-state index >= 15 is 0 Å². The zero-order valence-corrected chi connectivity index (χ0v) is 9.71. The molecule has 0 atom stereocenters. The molecule has 0 bridgehead atoms. The van der Waals surface area contributed by atoms with Gasteiger partial charge in [-0.15, -0.1) is 0 Å². The molecule has 14 heavy (non-hydrogen) atoms. The third-order valence-electron chi connectivity index (χ3n) is 0.805. The van der Waals surface area contributed by atoms with Crippen LogP contribution in [-0.4, -0.2) is 24.8 Å². The number of guanidine groups is 1. The molecule has 0 saturated carbocycles. The van der Waals surface area contributed by atoms with E-state index in [1.54, 1.807) is 0 Å². The smallest absolute Gasteiger partial charge is 0.185 e. The Morgan fingerprint density at radius 3 is 1.71 bits per heavy atom. The van der Waals surface area contributed by atoms with Gasteiger partial charge in [-0.3, -0.25) is 9.79 Å². The van der Waals surface area contributed by atoms with Gasteiger partial charge in [-0.25, -0.2) is 0 Å². The number of carbonyl (C=O) groups excluding carboxylic acids is 1. The Morgan fingerprint density at radius 1 is 1.29 bits per heavy atom. The molecule has 0 fully saturated rings. The fourth-order valence-corrected chi connectivity index (χ4v) is 0.241. The fourth-order valence-electron chi connectivity index (χ4n) is 0.241. The molecule has 0 saturated heterocycles. The lowest BCUT2D eigenvalue weighted by molar-refractivity contribution is -0.115. The van der Waals surface area contributed by atoms with Crippen molar-refractivity contribution in [3.63, 3.8) is 0 Å². The molecule has 0 rings (SSSR count). The van der Waals surface area contributed by atoms with Gasteiger partial charge in [-0.05, 0) is 13.3 Å². The van der Waals surface area contributed by atoms with Crippen molar-refractivity contribution < 1.29 is 4.79 Å². The number of ketones is 1. The van der Waals surface area contributed by atoms with Gasteiger partial charge in [0, 0.05) is 6.54 Å². The van der Waals surface area contributed by atoms with Gasteiger partial charge in [0.15, 0.2) is 5.96 Å². The van der Waals surface area contributed by atoms with Gasteiger partial charge in [-0.2, -0.15) is 0 Å². The van der Waals surface area contributed by atoms with Crippen LogP contribution < -0.4 is 17.2 Å². The fraction of sp³-hybridized carbons (Fsp3) is 0.778. The van der Waals surface area contributed by atoms with Crippen LogP contribution in [0, 0.1) is 0 Å². The summed E-state index contributed by atoms with van der Waals surface area (Å²) in [6.07, 6.45) is 0.998. The highest BCUT2D eigenvalue weighted by atomic mass is 16.1. The summed E-state index contributed by atoms with van der Waals surface area (Å²) in [5.41, 5.74) is 14.8. The van der Waals surface area contributed by atoms with Crippen LogP contribution in [0.1, 0.15) is 34.1 Å². The molecule has 0 radical (unpaired) electrons. The number of nitrogens with two attached hydrogens (primary N) is 3. The van der Waals surface area contributed by atoms with E-state index in [0.717, 1.165) is 13.0 Å². The summed E-state index contributed by atoms with van der Waals surface area (Å²) in [6, 6.07) is 0. The molecule has 0 unspecified atom stereocenters. The maximum absolute atomic E-state index is 9.69. The van der Waals surface area contributed by atoms with E-state index in [4.69, 9.17) is 17.2 Å². The number of Topliss-reactive ketones (excluding diaryl/α,β-unsaturated/α-hetero) is 1. The lowest BCUT2D eigenvalue weighted by Gasteiger charge is -1.86. The highest BCUT2D eigenvalue weighted by molar-refractivity contribution is 5.77. The molecule has 0 aliphatic carbocycles. The maximum Gasteiger partial charge on any atom is 0.185 e. The SMILES string of the molecule is CC.CC(=O)CN.CCCN=C(N)N. The van der Waals surface area contributed by atoms with Crippen LogP contribution in [0.4, 0.5) is 0 Å². The number of carbonyl (C=O) groups is 1. The lowest BCUT2D eigenvalue weighted by Crippen LogP contribution is -2.22. The molecular formula is C9H24N4O. The van der Waals surface area contributed by atoms with Gasteiger partial charge in [-0.1, -0.05) is 20.8 Å². The van der Waals surface area contributed by atoms with Crippen LogP contribution in [0.5, 0.6) is 0 Å². The van der Waals surface area contributed by atoms with Gasteiger partial charge in [0.25, 0.3) is 0 Å². The summed E-state index contributed by atoms with van der Waals surface area (Å²) in [6.45, 7) is 8.38. The molecule has 0 aliphatic rings. The number of hydrogen-bond donors (Lipinski definition) is 3. The standard InChI is InChI=1S/C4H11N3.C3H7NO.C2H6/c1-2-3-7-4(5)6;1-3(5)2-4;1-2/h2-3H2,1H3,(H4,5,6,7);2,4H2,1H3;1-2H3. The van der Waals surface area contributed by atoms with Crippen LogP contribution in [0.25, 0.3) is 0 Å². The summed E-state index contributed by atoms with van der Waals surface area (Å²) in [5, 5.41) is 0. The first kappa shape index (κ1) is 18.6. The normalized spacial score (nSPS) is 7.21. The zero-order valence-electron chi connectivity index (χ0n) is 9.71. The highest BCUT2D eigenvalue weighted by Crippen LogP contribution is 1.73. The molecule has 0 aromatic carbocycles. The van der Waals surface area contributed by atoms with Gasteiger partial charge in [0.05, 0.1) is 6.54 Å². The third kappa shape index (κ3) is 44.5. The summed E-state index contributed by atoms with van der Waals surface area (Å²) in [5.74, 6) is 0.215. The number of nitrogens with zero attached hydrogens (tertiary/aromatic N) is 1. The van der Waals surface area contributed by atoms with E-state index in [1.807, 2.05) is 20.8 Å². The van der Waals surface area contributed by atoms with Crippen molar-refractivity contribution in [1.82, 2.24) is 0 Å². The first-order chi connectivity index (χ1) is 6.54. The van der Waals surface area contributed by atoms with Gasteiger partial charge < -0.3 is 17.2 Å². The van der Waals surface area contributed by atoms with Crippen LogP contribution in [0.15, 0.2) is 4.99 Å². The number of aliphatic imine (C=N–C) groups is 1. The van der Waals surface area contributed by atoms with Crippen LogP contribution in [-0.2, 0) is 4.79 Å². The Morgan fingerprint density at radius 2 is 1.64 bits per heavy atom. The Bertz CT molecular complexity index is 142. The predicted octanol–water partition coefficient (Wildman–Crippen LogP) is 0.230. The molecule has 0 aromatic heterocycles. The summed E-state index contributed by atoms with van der Waals surface area (Å²) in [4.78, 5) is 13.4. The monoisotopic (exact) mass is 204 g/mol. The van der Waals surface area contributed by atoms with Crippen LogP contribution in [0.3, 0.4) is 0 Å². The number of hydrogen-bond acceptors (Lipinski definition) is 3. The first-order valence-electron chi connectivity index (χ1n) is 4.79. The molecule has 5 heteroatoms.